The van der Waals surface area contributed by atoms with Crippen LogP contribution < -0.4 is 5.32 Å². The van der Waals surface area contributed by atoms with Gasteiger partial charge in [-0.05, 0) is 55.7 Å². The molecule has 0 saturated carbocycles. The van der Waals surface area contributed by atoms with Crippen LogP contribution in [-0.2, 0) is 21.4 Å². The normalized spacial score (nSPS) is 16.2. The van der Waals surface area contributed by atoms with Gasteiger partial charge in [-0.15, -0.1) is 0 Å². The Labute approximate surface area is 158 Å². The van der Waals surface area contributed by atoms with Gasteiger partial charge in [-0.25, -0.2) is 12.8 Å². The summed E-state index contributed by atoms with van der Waals surface area (Å²) in [5.74, 6) is -0.778. The molecule has 0 atom stereocenters. The lowest BCUT2D eigenvalue weighted by atomic mass is 9.97. The molecule has 1 fully saturated rings. The molecule has 3 rings (SSSR count). The molecule has 1 saturated heterocycles. The van der Waals surface area contributed by atoms with Gasteiger partial charge < -0.3 is 5.32 Å². The number of hydrogen-bond donors (Lipinski definition) is 1. The molecule has 1 aromatic carbocycles. The van der Waals surface area contributed by atoms with Crippen LogP contribution >= 0.6 is 0 Å². The fourth-order valence-electron chi connectivity index (χ4n) is 3.22. The van der Waals surface area contributed by atoms with Gasteiger partial charge in [-0.3, -0.25) is 9.78 Å². The third kappa shape index (κ3) is 4.51. The van der Waals surface area contributed by atoms with Gasteiger partial charge in [-0.1, -0.05) is 6.07 Å². The summed E-state index contributed by atoms with van der Waals surface area (Å²) in [4.78, 5) is 16.6. The Balaban J connectivity index is 1.58. The van der Waals surface area contributed by atoms with Crippen molar-refractivity contribution < 1.29 is 17.6 Å². The maximum Gasteiger partial charge on any atom is 0.243 e. The number of piperidine rings is 1. The molecule has 27 heavy (non-hydrogen) atoms. The largest absolute Gasteiger partial charge is 0.350 e. The number of hydrogen-bond acceptors (Lipinski definition) is 4. The first-order valence-corrected chi connectivity index (χ1v) is 10.3. The highest BCUT2D eigenvalue weighted by molar-refractivity contribution is 7.89. The van der Waals surface area contributed by atoms with Crippen LogP contribution in [0.25, 0.3) is 0 Å². The van der Waals surface area contributed by atoms with Crippen molar-refractivity contribution >= 4 is 15.9 Å². The zero-order valence-corrected chi connectivity index (χ0v) is 15.9. The minimum Gasteiger partial charge on any atom is -0.350 e. The second-order valence-corrected chi connectivity index (χ2v) is 8.53. The Morgan fingerprint density at radius 1 is 1.26 bits per heavy atom. The number of nitrogens with zero attached hydrogens (tertiary/aromatic N) is 2. The summed E-state index contributed by atoms with van der Waals surface area (Å²) < 4.78 is 40.2. The molecule has 0 spiro atoms. The molecule has 1 aromatic heterocycles. The van der Waals surface area contributed by atoms with Crippen LogP contribution in [0.1, 0.15) is 24.1 Å². The maximum atomic E-state index is 13.3. The fraction of sp³-hybridized carbons (Fsp3) is 0.368. The zero-order valence-electron chi connectivity index (χ0n) is 15.1. The van der Waals surface area contributed by atoms with Gasteiger partial charge in [-0.2, -0.15) is 4.31 Å². The Morgan fingerprint density at radius 2 is 2.00 bits per heavy atom. The van der Waals surface area contributed by atoms with Crippen molar-refractivity contribution in [1.82, 2.24) is 14.6 Å². The summed E-state index contributed by atoms with van der Waals surface area (Å²) in [7, 11) is -3.69. The SMILES string of the molecule is Cc1cc(F)ccc1S(=O)(=O)N1CCC(C(=O)NCc2ccccn2)CC1. The molecule has 0 bridgehead atoms. The van der Waals surface area contributed by atoms with E-state index >= 15 is 0 Å². The molecule has 1 aliphatic rings. The van der Waals surface area contributed by atoms with Crippen LogP contribution in [0.5, 0.6) is 0 Å². The predicted molar refractivity (Wildman–Crippen MR) is 98.7 cm³/mol. The molecule has 144 valence electrons. The number of amides is 1. The van der Waals surface area contributed by atoms with E-state index in [0.717, 1.165) is 11.8 Å². The number of carbonyl (C=O) groups is 1. The van der Waals surface area contributed by atoms with E-state index in [1.165, 1.54) is 16.4 Å². The number of sulfonamides is 1. The molecule has 1 aliphatic heterocycles. The Morgan fingerprint density at radius 3 is 2.63 bits per heavy atom. The number of rotatable bonds is 5. The third-order valence-electron chi connectivity index (χ3n) is 4.75. The van der Waals surface area contributed by atoms with Crippen LogP contribution in [0.15, 0.2) is 47.5 Å². The standard InChI is InChI=1S/C19H22FN3O3S/c1-14-12-16(20)5-6-18(14)27(25,26)23-10-7-15(8-11-23)19(24)22-13-17-4-2-3-9-21-17/h2-6,9,12,15H,7-8,10-11,13H2,1H3,(H,22,24). The van der Waals surface area contributed by atoms with Gasteiger partial charge in [0.25, 0.3) is 0 Å². The van der Waals surface area contributed by atoms with Crippen molar-refractivity contribution in [2.24, 2.45) is 5.92 Å². The van der Waals surface area contributed by atoms with Gasteiger partial charge in [0.05, 0.1) is 17.1 Å². The molecular weight excluding hydrogens is 369 g/mol. The number of carbonyl (C=O) groups excluding carboxylic acids is 1. The number of halogens is 1. The predicted octanol–water partition coefficient (Wildman–Crippen LogP) is 2.25. The molecule has 8 heteroatoms. The molecule has 0 unspecified atom stereocenters. The highest BCUT2D eigenvalue weighted by Crippen LogP contribution is 2.26. The van der Waals surface area contributed by atoms with E-state index in [0.29, 0.717) is 24.9 Å². The summed E-state index contributed by atoms with van der Waals surface area (Å²) in [5, 5.41) is 2.86. The van der Waals surface area contributed by atoms with Crippen LogP contribution in [0.2, 0.25) is 0 Å². The maximum absolute atomic E-state index is 13.3. The van der Waals surface area contributed by atoms with Crippen LogP contribution in [0.4, 0.5) is 4.39 Å². The Hall–Kier alpha value is -2.32. The molecule has 1 N–H and O–H groups in total. The lowest BCUT2D eigenvalue weighted by Crippen LogP contribution is -2.43. The molecule has 1 amide bonds. The second-order valence-electron chi connectivity index (χ2n) is 6.63. The van der Waals surface area contributed by atoms with Crippen LogP contribution in [-0.4, -0.2) is 36.7 Å². The molecule has 6 nitrogen and oxygen atoms in total. The van der Waals surface area contributed by atoms with Crippen LogP contribution in [0, 0.1) is 18.7 Å². The zero-order chi connectivity index (χ0) is 19.4. The summed E-state index contributed by atoms with van der Waals surface area (Å²) in [5.41, 5.74) is 1.16. The van der Waals surface area contributed by atoms with E-state index < -0.39 is 15.8 Å². The van der Waals surface area contributed by atoms with Crippen molar-refractivity contribution in [3.8, 4) is 0 Å². The van der Waals surface area contributed by atoms with Gasteiger partial charge in [0.15, 0.2) is 0 Å². The molecule has 2 heterocycles. The molecule has 0 aliphatic carbocycles. The van der Waals surface area contributed by atoms with Gasteiger partial charge in [0.2, 0.25) is 15.9 Å². The number of nitrogens with one attached hydrogen (secondary N) is 1. The summed E-state index contributed by atoms with van der Waals surface area (Å²) in [6, 6.07) is 9.16. The highest BCUT2D eigenvalue weighted by Gasteiger charge is 2.32. The van der Waals surface area contributed by atoms with Gasteiger partial charge in [0.1, 0.15) is 5.82 Å². The summed E-state index contributed by atoms with van der Waals surface area (Å²) >= 11 is 0. The lowest BCUT2D eigenvalue weighted by molar-refractivity contribution is -0.126. The number of aryl methyl sites for hydroxylation is 1. The highest BCUT2D eigenvalue weighted by atomic mass is 32.2. The Bertz CT molecular complexity index is 911. The van der Waals surface area contributed by atoms with E-state index in [9.17, 15) is 17.6 Å². The smallest absolute Gasteiger partial charge is 0.243 e. The minimum absolute atomic E-state index is 0.0873. The van der Waals surface area contributed by atoms with Crippen LogP contribution in [0.3, 0.4) is 0 Å². The van der Waals surface area contributed by atoms with Crippen molar-refractivity contribution in [3.05, 3.63) is 59.7 Å². The second kappa shape index (κ2) is 8.14. The summed E-state index contributed by atoms with van der Waals surface area (Å²) in [6.07, 6.45) is 2.57. The van der Waals surface area contributed by atoms with Crippen molar-refractivity contribution in [2.75, 3.05) is 13.1 Å². The van der Waals surface area contributed by atoms with Gasteiger partial charge in [0, 0.05) is 25.2 Å². The minimum atomic E-state index is -3.69. The number of aromatic nitrogens is 1. The molecular formula is C19H22FN3O3S. The number of pyridine rings is 1. The lowest BCUT2D eigenvalue weighted by Gasteiger charge is -2.31. The first kappa shape index (κ1) is 19.4. The topological polar surface area (TPSA) is 79.4 Å². The quantitative estimate of drug-likeness (QED) is 0.848. The first-order chi connectivity index (χ1) is 12.9. The van der Waals surface area contributed by atoms with E-state index in [2.05, 4.69) is 10.3 Å². The average molecular weight is 391 g/mol. The third-order valence-corrected chi connectivity index (χ3v) is 6.81. The monoisotopic (exact) mass is 391 g/mol. The van der Waals surface area contributed by atoms with E-state index in [1.807, 2.05) is 18.2 Å². The van der Waals surface area contributed by atoms with Crippen molar-refractivity contribution in [2.45, 2.75) is 31.2 Å². The van der Waals surface area contributed by atoms with Gasteiger partial charge >= 0.3 is 0 Å². The summed E-state index contributed by atoms with van der Waals surface area (Å²) in [6.45, 7) is 2.46. The van der Waals surface area contributed by atoms with E-state index in [-0.39, 0.29) is 29.8 Å². The van der Waals surface area contributed by atoms with Crippen molar-refractivity contribution in [1.29, 1.82) is 0 Å². The fourth-order valence-corrected chi connectivity index (χ4v) is 4.90. The number of benzene rings is 1. The molecule has 2 aromatic rings. The first-order valence-electron chi connectivity index (χ1n) is 8.82. The average Bonchev–Trinajstić information content (AvgIpc) is 2.66. The molecule has 0 radical (unpaired) electrons. The Kier molecular flexibility index (Phi) is 5.86. The van der Waals surface area contributed by atoms with E-state index in [4.69, 9.17) is 0 Å². The van der Waals surface area contributed by atoms with Crippen molar-refractivity contribution in [3.63, 3.8) is 0 Å². The van der Waals surface area contributed by atoms with E-state index in [1.54, 1.807) is 13.1 Å².